The molecule has 1 fully saturated rings. The van der Waals surface area contributed by atoms with E-state index in [-0.39, 0.29) is 17.9 Å². The summed E-state index contributed by atoms with van der Waals surface area (Å²) in [4.78, 5) is 25.2. The lowest BCUT2D eigenvalue weighted by atomic mass is 10.1. The van der Waals surface area contributed by atoms with Gasteiger partial charge in [-0.3, -0.25) is 4.79 Å². The molecule has 12 heteroatoms. The lowest BCUT2D eigenvalue weighted by molar-refractivity contribution is -0.116. The molecule has 1 aliphatic heterocycles. The summed E-state index contributed by atoms with van der Waals surface area (Å²) in [6.07, 6.45) is 3.50. The lowest BCUT2D eigenvalue weighted by Gasteiger charge is -2.23. The Balaban J connectivity index is 1.11. The number of carbonyl (C=O) groups is 1. The first-order chi connectivity index (χ1) is 17.1. The normalized spacial score (nSPS) is 15.8. The predicted octanol–water partition coefficient (Wildman–Crippen LogP) is 1.72. The Labute approximate surface area is 201 Å². The Morgan fingerprint density at radius 3 is 2.86 bits per heavy atom. The third kappa shape index (κ3) is 5.73. The van der Waals surface area contributed by atoms with E-state index in [1.807, 2.05) is 24.3 Å². The molecule has 1 atom stereocenters. The van der Waals surface area contributed by atoms with Crippen molar-refractivity contribution in [2.75, 3.05) is 42.7 Å². The Morgan fingerprint density at radius 2 is 2.09 bits per heavy atom. The van der Waals surface area contributed by atoms with Gasteiger partial charge < -0.3 is 30.8 Å². The van der Waals surface area contributed by atoms with Crippen LogP contribution in [0.4, 0.5) is 17.6 Å². The summed E-state index contributed by atoms with van der Waals surface area (Å²) in [7, 11) is 0. The summed E-state index contributed by atoms with van der Waals surface area (Å²) in [6, 6.07) is 11.5. The molecular weight excluding hydrogens is 450 g/mol. The van der Waals surface area contributed by atoms with Gasteiger partial charge in [0.25, 0.3) is 5.78 Å². The number of hydrogen-bond acceptors (Lipinski definition) is 10. The average molecular weight is 478 g/mol. The molecule has 1 unspecified atom stereocenters. The van der Waals surface area contributed by atoms with Crippen molar-refractivity contribution in [3.8, 4) is 11.6 Å². The van der Waals surface area contributed by atoms with Gasteiger partial charge in [-0.2, -0.15) is 19.5 Å². The van der Waals surface area contributed by atoms with Crippen LogP contribution in [-0.2, 0) is 16.0 Å². The van der Waals surface area contributed by atoms with Crippen LogP contribution < -0.4 is 21.7 Å². The van der Waals surface area contributed by atoms with E-state index in [9.17, 15) is 4.79 Å². The van der Waals surface area contributed by atoms with Gasteiger partial charge in [-0.15, -0.1) is 5.10 Å². The molecule has 1 amide bonds. The molecule has 0 radical (unpaired) electrons. The fourth-order valence-electron chi connectivity index (χ4n) is 3.80. The van der Waals surface area contributed by atoms with Gasteiger partial charge in [0, 0.05) is 31.2 Å². The van der Waals surface area contributed by atoms with Crippen LogP contribution in [0.1, 0.15) is 18.4 Å². The zero-order valence-electron chi connectivity index (χ0n) is 19.1. The number of hydrogen-bond donors (Lipinski definition) is 4. The second-order valence-corrected chi connectivity index (χ2v) is 8.22. The molecule has 182 valence electrons. The summed E-state index contributed by atoms with van der Waals surface area (Å²) in [5.41, 5.74) is 7.91. The highest BCUT2D eigenvalue weighted by Crippen LogP contribution is 2.18. The average Bonchev–Trinajstić information content (AvgIpc) is 3.55. The molecule has 3 aromatic heterocycles. The minimum atomic E-state index is 0.000561. The lowest BCUT2D eigenvalue weighted by Crippen LogP contribution is -2.41. The third-order valence-corrected chi connectivity index (χ3v) is 5.63. The largest absolute Gasteiger partial charge is 0.461 e. The molecule has 0 aliphatic carbocycles. The number of nitrogens with zero attached hydrogens (tertiary/aromatic N) is 5. The van der Waals surface area contributed by atoms with Gasteiger partial charge in [-0.25, -0.2) is 0 Å². The number of morpholine rings is 1. The quantitative estimate of drug-likeness (QED) is 0.280. The van der Waals surface area contributed by atoms with Crippen molar-refractivity contribution in [2.24, 2.45) is 0 Å². The highest BCUT2D eigenvalue weighted by atomic mass is 16.5. The van der Waals surface area contributed by atoms with Crippen molar-refractivity contribution in [2.45, 2.75) is 25.3 Å². The van der Waals surface area contributed by atoms with Gasteiger partial charge in [0.15, 0.2) is 5.76 Å². The second kappa shape index (κ2) is 10.5. The molecule has 1 aliphatic rings. The van der Waals surface area contributed by atoms with Crippen LogP contribution in [0.3, 0.4) is 0 Å². The smallest absolute Gasteiger partial charge is 0.259 e. The molecule has 5 rings (SSSR count). The van der Waals surface area contributed by atoms with Crippen LogP contribution in [-0.4, -0.2) is 62.8 Å². The van der Waals surface area contributed by atoms with E-state index in [2.05, 4.69) is 36.0 Å². The van der Waals surface area contributed by atoms with Gasteiger partial charge in [0.1, 0.15) is 0 Å². The van der Waals surface area contributed by atoms with Gasteiger partial charge in [-0.1, -0.05) is 12.1 Å². The Hall–Kier alpha value is -4.03. The van der Waals surface area contributed by atoms with E-state index < -0.39 is 0 Å². The van der Waals surface area contributed by atoms with Crippen LogP contribution in [0.2, 0.25) is 0 Å². The molecule has 0 saturated carbocycles. The number of anilines is 3. The van der Waals surface area contributed by atoms with Crippen molar-refractivity contribution in [1.29, 1.82) is 0 Å². The molecule has 1 saturated heterocycles. The van der Waals surface area contributed by atoms with Crippen LogP contribution in [0.25, 0.3) is 17.4 Å². The van der Waals surface area contributed by atoms with Crippen LogP contribution in [0.15, 0.2) is 47.1 Å². The summed E-state index contributed by atoms with van der Waals surface area (Å²) in [6.45, 7) is 2.82. The minimum Gasteiger partial charge on any atom is -0.461 e. The number of aromatic nitrogens is 5. The Morgan fingerprint density at radius 1 is 1.20 bits per heavy atom. The van der Waals surface area contributed by atoms with E-state index in [4.69, 9.17) is 14.9 Å². The molecule has 4 aromatic rings. The number of nitrogens with one attached hydrogen (secondary N) is 3. The molecule has 4 heterocycles. The van der Waals surface area contributed by atoms with Crippen molar-refractivity contribution in [3.05, 3.63) is 48.2 Å². The third-order valence-electron chi connectivity index (χ3n) is 5.63. The van der Waals surface area contributed by atoms with E-state index in [0.717, 1.165) is 37.2 Å². The first-order valence-corrected chi connectivity index (χ1v) is 11.5. The standard InChI is InChI=1S/C23H27N9O3/c24-21-29-22(30-23-28-20(31-32(21)23)18-2-1-12-35-18)26-10-9-15-3-5-16(6-4-15)27-19(33)8-7-17-14-34-13-11-25-17/h1-6,12,17,25H,7-11,13-14H2,(H,27,33)(H3,24,26,28,29,30,31). The number of nitrogen functional groups attached to an aromatic ring is 1. The highest BCUT2D eigenvalue weighted by Gasteiger charge is 2.15. The summed E-state index contributed by atoms with van der Waals surface area (Å²) < 4.78 is 12.1. The summed E-state index contributed by atoms with van der Waals surface area (Å²) in [5.74, 6) is 1.79. The maximum Gasteiger partial charge on any atom is 0.259 e. The van der Waals surface area contributed by atoms with E-state index in [1.54, 1.807) is 18.4 Å². The monoisotopic (exact) mass is 477 g/mol. The number of carbonyl (C=O) groups excluding carboxylic acids is 1. The fraction of sp³-hybridized carbons (Fsp3) is 0.348. The zero-order chi connectivity index (χ0) is 24.0. The summed E-state index contributed by atoms with van der Waals surface area (Å²) in [5, 5.41) is 13.8. The molecule has 35 heavy (non-hydrogen) atoms. The van der Waals surface area contributed by atoms with Crippen LogP contribution in [0, 0.1) is 0 Å². The fourth-order valence-corrected chi connectivity index (χ4v) is 3.80. The summed E-state index contributed by atoms with van der Waals surface area (Å²) >= 11 is 0. The molecule has 12 nitrogen and oxygen atoms in total. The van der Waals surface area contributed by atoms with Crippen LogP contribution in [0.5, 0.6) is 0 Å². The SMILES string of the molecule is Nc1nc(NCCc2ccc(NC(=O)CCC3COCCN3)cc2)nc2nc(-c3ccco3)nn12. The minimum absolute atomic E-state index is 0.000561. The van der Waals surface area contributed by atoms with Gasteiger partial charge in [0.05, 0.1) is 19.5 Å². The van der Waals surface area contributed by atoms with Crippen LogP contribution >= 0.6 is 0 Å². The Bertz CT molecular complexity index is 1270. The molecule has 0 bridgehead atoms. The first-order valence-electron chi connectivity index (χ1n) is 11.5. The van der Waals surface area contributed by atoms with Crippen molar-refractivity contribution < 1.29 is 13.9 Å². The number of fused-ring (bicyclic) bond motifs is 1. The molecule has 1 aromatic carbocycles. The van der Waals surface area contributed by atoms with Gasteiger partial charge in [0.2, 0.25) is 23.6 Å². The number of amides is 1. The predicted molar refractivity (Wildman–Crippen MR) is 130 cm³/mol. The van der Waals surface area contributed by atoms with Crippen molar-refractivity contribution in [3.63, 3.8) is 0 Å². The highest BCUT2D eigenvalue weighted by molar-refractivity contribution is 5.90. The maximum atomic E-state index is 12.2. The molecular formula is C23H27N9O3. The van der Waals surface area contributed by atoms with Crippen molar-refractivity contribution in [1.82, 2.24) is 29.9 Å². The van der Waals surface area contributed by atoms with E-state index in [1.165, 1.54) is 4.52 Å². The van der Waals surface area contributed by atoms with Gasteiger partial charge >= 0.3 is 0 Å². The molecule has 0 spiro atoms. The number of ether oxygens (including phenoxy) is 1. The number of nitrogens with two attached hydrogens (primary N) is 1. The second-order valence-electron chi connectivity index (χ2n) is 8.22. The van der Waals surface area contributed by atoms with Crippen molar-refractivity contribution >= 4 is 29.3 Å². The molecule has 5 N–H and O–H groups in total. The number of rotatable bonds is 9. The van der Waals surface area contributed by atoms with Gasteiger partial charge in [-0.05, 0) is 42.7 Å². The number of benzene rings is 1. The van der Waals surface area contributed by atoms with E-state index in [0.29, 0.717) is 42.9 Å². The first kappa shape index (κ1) is 22.7. The topological polar surface area (TPSA) is 158 Å². The Kier molecular flexibility index (Phi) is 6.82. The maximum absolute atomic E-state index is 12.2. The number of furan rings is 1. The van der Waals surface area contributed by atoms with E-state index >= 15 is 0 Å². The zero-order valence-corrected chi connectivity index (χ0v) is 19.1.